The molecule has 0 bridgehead atoms. The van der Waals surface area contributed by atoms with Crippen LogP contribution in [0.5, 0.6) is 0 Å². The molecule has 0 aromatic heterocycles. The van der Waals surface area contributed by atoms with Crippen LogP contribution in [-0.2, 0) is 14.0 Å². The first kappa shape index (κ1) is 19.7. The van der Waals surface area contributed by atoms with Crippen LogP contribution in [0.15, 0.2) is 0 Å². The van der Waals surface area contributed by atoms with Gasteiger partial charge in [-0.15, -0.1) is 0 Å². The molecule has 0 aromatic carbocycles. The predicted molar refractivity (Wildman–Crippen MR) is 91.3 cm³/mol. The third-order valence-corrected chi connectivity index (χ3v) is 9.20. The molecule has 0 amide bonds. The molecule has 1 aliphatic rings. The fraction of sp³-hybridized carbons (Fsp3) is 0.941. The Balaban J connectivity index is 2.57. The van der Waals surface area contributed by atoms with Crippen molar-refractivity contribution < 1.29 is 19.1 Å². The van der Waals surface area contributed by atoms with E-state index in [1.54, 1.807) is 0 Å². The molecule has 0 saturated heterocycles. The minimum atomic E-state index is -1.90. The SMILES string of the molecule is CC(C)(C)OC(=O)C[C@@H]1C[C@@H](O)[C@@H](O[Si](C)(C)C(C)(C)C)C1. The van der Waals surface area contributed by atoms with Crippen molar-refractivity contribution in [3.05, 3.63) is 0 Å². The fourth-order valence-corrected chi connectivity index (χ4v) is 3.91. The Morgan fingerprint density at radius 3 is 2.14 bits per heavy atom. The number of ether oxygens (including phenoxy) is 1. The Hall–Kier alpha value is -0.393. The maximum Gasteiger partial charge on any atom is 0.306 e. The largest absolute Gasteiger partial charge is 0.460 e. The van der Waals surface area contributed by atoms with Crippen LogP contribution in [0.4, 0.5) is 0 Å². The zero-order valence-electron chi connectivity index (χ0n) is 15.5. The van der Waals surface area contributed by atoms with Crippen molar-refractivity contribution in [3.8, 4) is 0 Å². The Bertz CT molecular complexity index is 392. The first-order valence-electron chi connectivity index (χ1n) is 8.29. The minimum absolute atomic E-state index is 0.121. The van der Waals surface area contributed by atoms with Gasteiger partial charge < -0.3 is 14.3 Å². The van der Waals surface area contributed by atoms with E-state index in [9.17, 15) is 9.90 Å². The van der Waals surface area contributed by atoms with Crippen LogP contribution in [0.3, 0.4) is 0 Å². The summed E-state index contributed by atoms with van der Waals surface area (Å²) in [5.74, 6) is -0.0303. The smallest absolute Gasteiger partial charge is 0.306 e. The highest BCUT2D eigenvalue weighted by atomic mass is 28.4. The summed E-state index contributed by atoms with van der Waals surface area (Å²) in [6, 6.07) is 0. The average Bonchev–Trinajstić information content (AvgIpc) is 2.53. The van der Waals surface area contributed by atoms with Crippen LogP contribution in [0.2, 0.25) is 18.1 Å². The molecule has 1 rings (SSSR count). The molecule has 0 unspecified atom stereocenters. The summed E-state index contributed by atoms with van der Waals surface area (Å²) in [5, 5.41) is 10.4. The van der Waals surface area contributed by atoms with Gasteiger partial charge in [0.2, 0.25) is 0 Å². The number of esters is 1. The van der Waals surface area contributed by atoms with Crippen molar-refractivity contribution in [2.75, 3.05) is 0 Å². The molecular weight excluding hydrogens is 296 g/mol. The highest BCUT2D eigenvalue weighted by molar-refractivity contribution is 6.74. The molecule has 0 aliphatic heterocycles. The van der Waals surface area contributed by atoms with Gasteiger partial charge in [0.25, 0.3) is 0 Å². The van der Waals surface area contributed by atoms with Crippen LogP contribution in [0, 0.1) is 5.92 Å². The molecule has 22 heavy (non-hydrogen) atoms. The molecule has 0 heterocycles. The lowest BCUT2D eigenvalue weighted by atomic mass is 10.0. The fourth-order valence-electron chi connectivity index (χ4n) is 2.54. The van der Waals surface area contributed by atoms with E-state index in [1.165, 1.54) is 0 Å². The van der Waals surface area contributed by atoms with Crippen molar-refractivity contribution >= 4 is 14.3 Å². The van der Waals surface area contributed by atoms with E-state index in [1.807, 2.05) is 20.8 Å². The van der Waals surface area contributed by atoms with E-state index in [2.05, 4.69) is 33.9 Å². The number of carbonyl (C=O) groups is 1. The lowest BCUT2D eigenvalue weighted by Gasteiger charge is -2.39. The van der Waals surface area contributed by atoms with Gasteiger partial charge in [0.15, 0.2) is 8.32 Å². The third-order valence-electron chi connectivity index (χ3n) is 4.70. The van der Waals surface area contributed by atoms with E-state index in [0.717, 1.165) is 6.42 Å². The molecule has 1 saturated carbocycles. The molecule has 3 atom stereocenters. The van der Waals surface area contributed by atoms with Crippen molar-refractivity contribution in [1.29, 1.82) is 0 Å². The zero-order chi connectivity index (χ0) is 17.3. The monoisotopic (exact) mass is 330 g/mol. The molecule has 4 nitrogen and oxygen atoms in total. The molecule has 5 heteroatoms. The minimum Gasteiger partial charge on any atom is -0.460 e. The van der Waals surface area contributed by atoms with Crippen molar-refractivity contribution in [2.45, 2.75) is 96.7 Å². The first-order valence-corrected chi connectivity index (χ1v) is 11.2. The number of rotatable bonds is 4. The van der Waals surface area contributed by atoms with Crippen molar-refractivity contribution in [3.63, 3.8) is 0 Å². The lowest BCUT2D eigenvalue weighted by molar-refractivity contribution is -0.155. The van der Waals surface area contributed by atoms with E-state index in [-0.39, 0.29) is 23.0 Å². The predicted octanol–water partition coefficient (Wildman–Crippen LogP) is 3.88. The second-order valence-corrected chi connectivity index (χ2v) is 13.9. The number of hydrogen-bond donors (Lipinski definition) is 1. The number of carbonyl (C=O) groups excluding carboxylic acids is 1. The number of hydrogen-bond acceptors (Lipinski definition) is 4. The number of aliphatic hydroxyl groups is 1. The van der Waals surface area contributed by atoms with Gasteiger partial charge in [-0.1, -0.05) is 20.8 Å². The summed E-state index contributed by atoms with van der Waals surface area (Å²) in [6.45, 7) is 16.6. The van der Waals surface area contributed by atoms with Crippen LogP contribution >= 0.6 is 0 Å². The van der Waals surface area contributed by atoms with E-state index in [0.29, 0.717) is 12.8 Å². The van der Waals surface area contributed by atoms with Crippen LogP contribution in [0.1, 0.15) is 60.8 Å². The van der Waals surface area contributed by atoms with Gasteiger partial charge in [-0.05, 0) is 57.7 Å². The topological polar surface area (TPSA) is 55.8 Å². The van der Waals surface area contributed by atoms with E-state index < -0.39 is 20.0 Å². The Labute approximate surface area is 136 Å². The molecule has 1 N–H and O–H groups in total. The first-order chi connectivity index (χ1) is 9.71. The molecule has 0 spiro atoms. The van der Waals surface area contributed by atoms with Crippen LogP contribution in [0.25, 0.3) is 0 Å². The summed E-state index contributed by atoms with van der Waals surface area (Å²) in [4.78, 5) is 11.9. The quantitative estimate of drug-likeness (QED) is 0.628. The molecule has 130 valence electrons. The van der Waals surface area contributed by atoms with E-state index in [4.69, 9.17) is 9.16 Å². The average molecular weight is 331 g/mol. The van der Waals surface area contributed by atoms with Gasteiger partial charge in [0.1, 0.15) is 5.60 Å². The summed E-state index contributed by atoms with van der Waals surface area (Å²) < 4.78 is 11.7. The highest BCUT2D eigenvalue weighted by Gasteiger charge is 2.44. The van der Waals surface area contributed by atoms with Gasteiger partial charge in [-0.2, -0.15) is 0 Å². The molecule has 1 aliphatic carbocycles. The van der Waals surface area contributed by atoms with Gasteiger partial charge >= 0.3 is 5.97 Å². The highest BCUT2D eigenvalue weighted by Crippen LogP contribution is 2.41. The third kappa shape index (κ3) is 5.67. The van der Waals surface area contributed by atoms with Gasteiger partial charge in [-0.25, -0.2) is 0 Å². The second kappa shape index (κ2) is 6.61. The van der Waals surface area contributed by atoms with Crippen LogP contribution < -0.4 is 0 Å². The van der Waals surface area contributed by atoms with Crippen molar-refractivity contribution in [1.82, 2.24) is 0 Å². The standard InChI is InChI=1S/C17H34O4Si/c1-16(2,3)20-15(19)11-12-9-13(18)14(10-12)21-22(7,8)17(4,5)6/h12-14,18H,9-11H2,1-8H3/t12-,13-,14+/m1/s1. The second-order valence-electron chi connectivity index (χ2n) is 9.11. The normalized spacial score (nSPS) is 27.0. The summed E-state index contributed by atoms with van der Waals surface area (Å²) in [7, 11) is -1.90. The van der Waals surface area contributed by atoms with Gasteiger partial charge in [0.05, 0.1) is 12.2 Å². The Morgan fingerprint density at radius 2 is 1.68 bits per heavy atom. The van der Waals surface area contributed by atoms with Gasteiger partial charge in [-0.3, -0.25) is 4.79 Å². The van der Waals surface area contributed by atoms with Gasteiger partial charge in [0, 0.05) is 6.42 Å². The maximum absolute atomic E-state index is 11.9. The zero-order valence-corrected chi connectivity index (χ0v) is 16.5. The number of aliphatic hydroxyl groups excluding tert-OH is 1. The molecule has 0 radical (unpaired) electrons. The van der Waals surface area contributed by atoms with Crippen LogP contribution in [-0.4, -0.2) is 37.2 Å². The molecule has 1 fully saturated rings. The maximum atomic E-state index is 11.9. The van der Waals surface area contributed by atoms with E-state index >= 15 is 0 Å². The molecular formula is C17H34O4Si. The molecule has 0 aromatic rings. The lowest BCUT2D eigenvalue weighted by Crippen LogP contribution is -2.45. The summed E-state index contributed by atoms with van der Waals surface area (Å²) in [5.41, 5.74) is -0.453. The Kier molecular flexibility index (Phi) is 5.91. The summed E-state index contributed by atoms with van der Waals surface area (Å²) in [6.07, 6.45) is 1.12. The Morgan fingerprint density at radius 1 is 1.14 bits per heavy atom. The summed E-state index contributed by atoms with van der Waals surface area (Å²) >= 11 is 0. The van der Waals surface area contributed by atoms with Crippen molar-refractivity contribution in [2.24, 2.45) is 5.92 Å².